The van der Waals surface area contributed by atoms with Crippen molar-refractivity contribution >= 4 is 6.09 Å². The molecule has 0 heterocycles. The Bertz CT molecular complexity index is 283. The van der Waals surface area contributed by atoms with Crippen LogP contribution in [0.3, 0.4) is 0 Å². The van der Waals surface area contributed by atoms with E-state index in [1.54, 1.807) is 11.8 Å². The van der Waals surface area contributed by atoms with Crippen LogP contribution in [0.4, 0.5) is 4.79 Å². The maximum atomic E-state index is 12.2. The Kier molecular flexibility index (Phi) is 5.02. The summed E-state index contributed by atoms with van der Waals surface area (Å²) in [5.41, 5.74) is -0.490. The lowest BCUT2D eigenvalue weighted by atomic mass is 10.0. The molecule has 1 fully saturated rings. The minimum absolute atomic E-state index is 0.203. The van der Waals surface area contributed by atoms with Gasteiger partial charge in [0.15, 0.2) is 0 Å². The lowest BCUT2D eigenvalue weighted by Gasteiger charge is -2.34. The zero-order valence-corrected chi connectivity index (χ0v) is 12.3. The monoisotopic (exact) mass is 257 g/mol. The molecular formula is C14H27NO3. The fourth-order valence-corrected chi connectivity index (χ4v) is 2.54. The van der Waals surface area contributed by atoms with E-state index in [4.69, 9.17) is 4.74 Å². The van der Waals surface area contributed by atoms with Gasteiger partial charge in [-0.05, 0) is 46.5 Å². The molecule has 0 spiro atoms. The van der Waals surface area contributed by atoms with Crippen molar-refractivity contribution in [1.82, 2.24) is 4.90 Å². The largest absolute Gasteiger partial charge is 0.444 e. The summed E-state index contributed by atoms with van der Waals surface area (Å²) in [5, 5.41) is 9.57. The second kappa shape index (κ2) is 5.91. The Morgan fingerprint density at radius 3 is 2.44 bits per heavy atom. The van der Waals surface area contributed by atoms with Gasteiger partial charge in [0, 0.05) is 12.6 Å². The highest BCUT2D eigenvalue weighted by Gasteiger charge is 2.34. The first-order chi connectivity index (χ1) is 8.20. The van der Waals surface area contributed by atoms with Crippen molar-refractivity contribution < 1.29 is 14.6 Å². The maximum absolute atomic E-state index is 12.2. The van der Waals surface area contributed by atoms with Crippen LogP contribution in [-0.4, -0.2) is 40.4 Å². The molecule has 1 amide bonds. The second-order valence-electron chi connectivity index (χ2n) is 6.46. The quantitative estimate of drug-likeness (QED) is 0.845. The Hall–Kier alpha value is -0.770. The molecule has 1 N–H and O–H groups in total. The third kappa shape index (κ3) is 4.48. The molecule has 0 bridgehead atoms. The highest BCUT2D eigenvalue weighted by Crippen LogP contribution is 2.30. The van der Waals surface area contributed by atoms with Crippen LogP contribution in [-0.2, 0) is 4.74 Å². The number of carbonyl (C=O) groups excluding carboxylic acids is 1. The topological polar surface area (TPSA) is 49.8 Å². The summed E-state index contributed by atoms with van der Waals surface area (Å²) >= 11 is 0. The van der Waals surface area contributed by atoms with Crippen LogP contribution >= 0.6 is 0 Å². The lowest BCUT2D eigenvalue weighted by Crippen LogP contribution is -2.47. The summed E-state index contributed by atoms with van der Waals surface area (Å²) in [7, 11) is 0. The van der Waals surface area contributed by atoms with Gasteiger partial charge in [0.05, 0.1) is 6.10 Å². The van der Waals surface area contributed by atoms with Gasteiger partial charge in [0.2, 0.25) is 0 Å². The van der Waals surface area contributed by atoms with Gasteiger partial charge in [0.1, 0.15) is 5.60 Å². The molecule has 18 heavy (non-hydrogen) atoms. The molecule has 0 radical (unpaired) electrons. The summed E-state index contributed by atoms with van der Waals surface area (Å²) in [6.07, 6.45) is 2.47. The van der Waals surface area contributed by atoms with Crippen molar-refractivity contribution in [1.29, 1.82) is 0 Å². The standard InChI is InChI=1S/C14H27NO3/c1-10-7-6-8-12(10)15(9-11(2)16)13(17)18-14(3,4)5/h10-12,16H,6-9H2,1-5H3. The van der Waals surface area contributed by atoms with Crippen molar-refractivity contribution in [2.24, 2.45) is 5.92 Å². The molecule has 0 aromatic carbocycles. The van der Waals surface area contributed by atoms with E-state index < -0.39 is 11.7 Å². The molecule has 1 saturated carbocycles. The first kappa shape index (κ1) is 15.3. The molecule has 106 valence electrons. The van der Waals surface area contributed by atoms with E-state index in [0.29, 0.717) is 12.5 Å². The van der Waals surface area contributed by atoms with E-state index in [2.05, 4.69) is 6.92 Å². The molecule has 1 aliphatic carbocycles. The first-order valence-corrected chi connectivity index (χ1v) is 6.88. The van der Waals surface area contributed by atoms with Crippen molar-refractivity contribution in [2.45, 2.75) is 71.6 Å². The Morgan fingerprint density at radius 1 is 1.44 bits per heavy atom. The lowest BCUT2D eigenvalue weighted by molar-refractivity contribution is 0.00189. The molecule has 4 heteroatoms. The molecule has 0 aromatic rings. The average molecular weight is 257 g/mol. The molecule has 3 atom stereocenters. The number of aliphatic hydroxyl groups excluding tert-OH is 1. The molecule has 1 rings (SSSR count). The first-order valence-electron chi connectivity index (χ1n) is 6.88. The third-order valence-electron chi connectivity index (χ3n) is 3.31. The maximum Gasteiger partial charge on any atom is 0.410 e. The van der Waals surface area contributed by atoms with Gasteiger partial charge in [-0.2, -0.15) is 0 Å². The normalized spacial score (nSPS) is 25.9. The minimum Gasteiger partial charge on any atom is -0.444 e. The van der Waals surface area contributed by atoms with Gasteiger partial charge in [-0.15, -0.1) is 0 Å². The molecule has 3 unspecified atom stereocenters. The van der Waals surface area contributed by atoms with E-state index in [0.717, 1.165) is 19.3 Å². The number of hydrogen-bond acceptors (Lipinski definition) is 3. The number of aliphatic hydroxyl groups is 1. The number of carbonyl (C=O) groups is 1. The fourth-order valence-electron chi connectivity index (χ4n) is 2.54. The van der Waals surface area contributed by atoms with Gasteiger partial charge < -0.3 is 14.7 Å². The highest BCUT2D eigenvalue weighted by molar-refractivity contribution is 5.68. The summed E-state index contributed by atoms with van der Waals surface area (Å²) < 4.78 is 5.44. The number of rotatable bonds is 3. The van der Waals surface area contributed by atoms with E-state index in [1.807, 2.05) is 20.8 Å². The van der Waals surface area contributed by atoms with Crippen LogP contribution in [0.1, 0.15) is 53.9 Å². The molecule has 1 aliphatic rings. The second-order valence-corrected chi connectivity index (χ2v) is 6.46. The van der Waals surface area contributed by atoms with Crippen LogP contribution in [0.5, 0.6) is 0 Å². The summed E-state index contributed by atoms with van der Waals surface area (Å²) in [4.78, 5) is 13.9. The SMILES string of the molecule is CC(O)CN(C(=O)OC(C)(C)C)C1CCCC1C. The summed E-state index contributed by atoms with van der Waals surface area (Å²) in [5.74, 6) is 0.483. The van der Waals surface area contributed by atoms with Crippen LogP contribution in [0.25, 0.3) is 0 Å². The molecular weight excluding hydrogens is 230 g/mol. The molecule has 0 saturated heterocycles. The zero-order chi connectivity index (χ0) is 13.9. The average Bonchev–Trinajstić information content (AvgIpc) is 2.57. The van der Waals surface area contributed by atoms with Crippen molar-refractivity contribution in [3.8, 4) is 0 Å². The minimum atomic E-state index is -0.523. The van der Waals surface area contributed by atoms with Gasteiger partial charge in [0.25, 0.3) is 0 Å². The van der Waals surface area contributed by atoms with Crippen LogP contribution in [0.15, 0.2) is 0 Å². The van der Waals surface area contributed by atoms with Gasteiger partial charge in [-0.1, -0.05) is 13.3 Å². The Morgan fingerprint density at radius 2 is 2.06 bits per heavy atom. The van der Waals surface area contributed by atoms with Crippen LogP contribution in [0, 0.1) is 5.92 Å². The number of hydrogen-bond donors (Lipinski definition) is 1. The predicted octanol–water partition coefficient (Wildman–Crippen LogP) is 2.79. The van der Waals surface area contributed by atoms with Crippen molar-refractivity contribution in [3.63, 3.8) is 0 Å². The van der Waals surface area contributed by atoms with E-state index >= 15 is 0 Å². The van der Waals surface area contributed by atoms with Crippen LogP contribution < -0.4 is 0 Å². The number of ether oxygens (including phenoxy) is 1. The van der Waals surface area contributed by atoms with E-state index in [9.17, 15) is 9.90 Å². The molecule has 4 nitrogen and oxygen atoms in total. The molecule has 0 aliphatic heterocycles. The summed E-state index contributed by atoms with van der Waals surface area (Å²) in [6, 6.07) is 0.203. The molecule has 0 aromatic heterocycles. The summed E-state index contributed by atoms with van der Waals surface area (Å²) in [6.45, 7) is 9.81. The van der Waals surface area contributed by atoms with Gasteiger partial charge in [-0.3, -0.25) is 0 Å². The number of nitrogens with zero attached hydrogens (tertiary/aromatic N) is 1. The predicted molar refractivity (Wildman–Crippen MR) is 71.4 cm³/mol. The van der Waals surface area contributed by atoms with E-state index in [1.165, 1.54) is 0 Å². The fraction of sp³-hybridized carbons (Fsp3) is 0.929. The Balaban J connectivity index is 2.74. The van der Waals surface area contributed by atoms with Crippen molar-refractivity contribution in [3.05, 3.63) is 0 Å². The van der Waals surface area contributed by atoms with Gasteiger partial charge >= 0.3 is 6.09 Å². The highest BCUT2D eigenvalue weighted by atomic mass is 16.6. The third-order valence-corrected chi connectivity index (χ3v) is 3.31. The van der Waals surface area contributed by atoms with E-state index in [-0.39, 0.29) is 12.1 Å². The number of amides is 1. The smallest absolute Gasteiger partial charge is 0.410 e. The van der Waals surface area contributed by atoms with Crippen molar-refractivity contribution in [2.75, 3.05) is 6.54 Å². The van der Waals surface area contributed by atoms with Crippen LogP contribution in [0.2, 0.25) is 0 Å². The zero-order valence-electron chi connectivity index (χ0n) is 12.3. The van der Waals surface area contributed by atoms with Gasteiger partial charge in [-0.25, -0.2) is 4.79 Å². The Labute approximate surface area is 110 Å².